The highest BCUT2D eigenvalue weighted by Gasteiger charge is 2.04. The first kappa shape index (κ1) is 13.8. The zero-order valence-corrected chi connectivity index (χ0v) is 12.1. The molecular formula is C15H13ClN2S. The molecular weight excluding hydrogens is 276 g/mol. The molecule has 4 heteroatoms. The number of benzene rings is 2. The first-order valence-corrected chi connectivity index (χ1v) is 7.14. The number of halogens is 1. The molecule has 2 rings (SSSR count). The average molecular weight is 289 g/mol. The number of aryl methyl sites for hydroxylation is 1. The molecule has 0 aliphatic rings. The number of hydrogen-bond acceptors (Lipinski definition) is 3. The highest BCUT2D eigenvalue weighted by molar-refractivity contribution is 7.98. The van der Waals surface area contributed by atoms with Gasteiger partial charge in [-0.3, -0.25) is 0 Å². The summed E-state index contributed by atoms with van der Waals surface area (Å²) >= 11 is 7.54. The number of nitrogen functional groups attached to an aromatic ring is 1. The van der Waals surface area contributed by atoms with Crippen LogP contribution in [0.4, 0.5) is 5.69 Å². The second kappa shape index (κ2) is 6.01. The van der Waals surface area contributed by atoms with E-state index in [0.717, 1.165) is 16.2 Å². The summed E-state index contributed by atoms with van der Waals surface area (Å²) < 4.78 is 0. The van der Waals surface area contributed by atoms with Gasteiger partial charge in [0.05, 0.1) is 11.6 Å². The number of nitrogens with two attached hydrogens (primary N) is 1. The molecule has 2 aromatic carbocycles. The monoisotopic (exact) mass is 288 g/mol. The lowest BCUT2D eigenvalue weighted by Gasteiger charge is -2.08. The minimum absolute atomic E-state index is 0.649. The molecule has 0 aliphatic carbocycles. The Morgan fingerprint density at radius 3 is 2.68 bits per heavy atom. The molecule has 0 spiro atoms. The standard InChI is InChI=1S/C15H13ClN2S/c1-10-6-11(8-17)2-3-12(10)9-19-15-5-4-13(16)7-14(15)18/h2-7H,9,18H2,1H3. The van der Waals surface area contributed by atoms with Crippen LogP contribution in [-0.2, 0) is 5.75 Å². The topological polar surface area (TPSA) is 49.8 Å². The summed E-state index contributed by atoms with van der Waals surface area (Å²) in [4.78, 5) is 1.02. The van der Waals surface area contributed by atoms with Gasteiger partial charge < -0.3 is 5.73 Å². The molecule has 0 aromatic heterocycles. The molecule has 0 aliphatic heterocycles. The van der Waals surface area contributed by atoms with Gasteiger partial charge in [-0.2, -0.15) is 5.26 Å². The maximum atomic E-state index is 8.84. The van der Waals surface area contributed by atoms with Crippen LogP contribution >= 0.6 is 23.4 Å². The number of nitriles is 1. The predicted molar refractivity (Wildman–Crippen MR) is 81.3 cm³/mol. The molecule has 0 amide bonds. The maximum Gasteiger partial charge on any atom is 0.0991 e. The third-order valence-corrected chi connectivity index (χ3v) is 4.20. The average Bonchev–Trinajstić information content (AvgIpc) is 2.39. The van der Waals surface area contributed by atoms with Gasteiger partial charge in [0, 0.05) is 21.4 Å². The molecule has 0 fully saturated rings. The van der Waals surface area contributed by atoms with E-state index in [1.54, 1.807) is 17.8 Å². The molecule has 0 atom stereocenters. The summed E-state index contributed by atoms with van der Waals surface area (Å²) in [5, 5.41) is 9.49. The van der Waals surface area contributed by atoms with E-state index < -0.39 is 0 Å². The number of anilines is 1. The van der Waals surface area contributed by atoms with Crippen molar-refractivity contribution in [2.45, 2.75) is 17.6 Å². The van der Waals surface area contributed by atoms with Crippen LogP contribution in [0.1, 0.15) is 16.7 Å². The van der Waals surface area contributed by atoms with Crippen molar-refractivity contribution in [1.82, 2.24) is 0 Å². The van der Waals surface area contributed by atoms with Gasteiger partial charge in [-0.1, -0.05) is 17.7 Å². The van der Waals surface area contributed by atoms with Crippen molar-refractivity contribution >= 4 is 29.1 Å². The molecule has 0 unspecified atom stereocenters. The minimum Gasteiger partial charge on any atom is -0.398 e. The highest BCUT2D eigenvalue weighted by atomic mass is 35.5. The van der Waals surface area contributed by atoms with E-state index >= 15 is 0 Å². The van der Waals surface area contributed by atoms with Crippen LogP contribution in [0.2, 0.25) is 5.02 Å². The van der Waals surface area contributed by atoms with E-state index in [1.807, 2.05) is 37.3 Å². The van der Waals surface area contributed by atoms with Gasteiger partial charge in [0.25, 0.3) is 0 Å². The van der Waals surface area contributed by atoms with Crippen LogP contribution in [0.15, 0.2) is 41.3 Å². The first-order chi connectivity index (χ1) is 9.10. The number of nitrogens with zero attached hydrogens (tertiary/aromatic N) is 1. The predicted octanol–water partition coefficient (Wildman–Crippen LogP) is 4.39. The lowest BCUT2D eigenvalue weighted by molar-refractivity contribution is 1.29. The smallest absolute Gasteiger partial charge is 0.0991 e. The van der Waals surface area contributed by atoms with Gasteiger partial charge >= 0.3 is 0 Å². The summed E-state index contributed by atoms with van der Waals surface area (Å²) in [6.07, 6.45) is 0. The second-order valence-corrected chi connectivity index (χ2v) is 5.68. The zero-order chi connectivity index (χ0) is 13.8. The van der Waals surface area contributed by atoms with E-state index in [9.17, 15) is 0 Å². The Hall–Kier alpha value is -1.63. The van der Waals surface area contributed by atoms with Crippen LogP contribution < -0.4 is 5.73 Å². The zero-order valence-electron chi connectivity index (χ0n) is 10.5. The second-order valence-electron chi connectivity index (χ2n) is 4.22. The van der Waals surface area contributed by atoms with E-state index in [1.165, 1.54) is 5.56 Å². The fourth-order valence-electron chi connectivity index (χ4n) is 1.73. The first-order valence-electron chi connectivity index (χ1n) is 5.77. The Balaban J connectivity index is 2.13. The fraction of sp³-hybridized carbons (Fsp3) is 0.133. The summed E-state index contributed by atoms with van der Waals surface area (Å²) in [7, 11) is 0. The van der Waals surface area contributed by atoms with Crippen LogP contribution in [0.3, 0.4) is 0 Å². The van der Waals surface area contributed by atoms with Gasteiger partial charge in [0.15, 0.2) is 0 Å². The van der Waals surface area contributed by atoms with Crippen LogP contribution in [0, 0.1) is 18.3 Å². The van der Waals surface area contributed by atoms with Gasteiger partial charge in [0.1, 0.15) is 0 Å². The van der Waals surface area contributed by atoms with Crippen LogP contribution in [0.25, 0.3) is 0 Å². The van der Waals surface area contributed by atoms with Crippen molar-refractivity contribution < 1.29 is 0 Å². The summed E-state index contributed by atoms with van der Waals surface area (Å²) in [6.45, 7) is 2.02. The lowest BCUT2D eigenvalue weighted by atomic mass is 10.1. The quantitative estimate of drug-likeness (QED) is 0.673. The minimum atomic E-state index is 0.649. The summed E-state index contributed by atoms with van der Waals surface area (Å²) in [5.74, 6) is 0.823. The van der Waals surface area contributed by atoms with E-state index in [-0.39, 0.29) is 0 Å². The van der Waals surface area contributed by atoms with Crippen molar-refractivity contribution in [3.05, 3.63) is 58.1 Å². The van der Waals surface area contributed by atoms with Crippen LogP contribution in [-0.4, -0.2) is 0 Å². The molecule has 0 saturated heterocycles. The largest absolute Gasteiger partial charge is 0.398 e. The van der Waals surface area contributed by atoms with Crippen LogP contribution in [0.5, 0.6) is 0 Å². The Bertz CT molecular complexity index is 647. The molecule has 2 N–H and O–H groups in total. The van der Waals surface area contributed by atoms with E-state index in [4.69, 9.17) is 22.6 Å². The van der Waals surface area contributed by atoms with E-state index in [2.05, 4.69) is 6.07 Å². The Morgan fingerprint density at radius 1 is 1.26 bits per heavy atom. The molecule has 96 valence electrons. The lowest BCUT2D eigenvalue weighted by Crippen LogP contribution is -1.91. The molecule has 2 nitrogen and oxygen atoms in total. The number of thioether (sulfide) groups is 1. The van der Waals surface area contributed by atoms with Crippen molar-refractivity contribution in [3.63, 3.8) is 0 Å². The van der Waals surface area contributed by atoms with E-state index in [0.29, 0.717) is 16.3 Å². The summed E-state index contributed by atoms with van der Waals surface area (Å²) in [5.41, 5.74) is 9.64. The van der Waals surface area contributed by atoms with Crippen molar-refractivity contribution in [2.75, 3.05) is 5.73 Å². The summed E-state index contributed by atoms with van der Waals surface area (Å²) in [6, 6.07) is 13.4. The maximum absolute atomic E-state index is 8.84. The van der Waals surface area contributed by atoms with Crippen molar-refractivity contribution in [2.24, 2.45) is 0 Å². The SMILES string of the molecule is Cc1cc(C#N)ccc1CSc1ccc(Cl)cc1N. The molecule has 19 heavy (non-hydrogen) atoms. The molecule has 0 saturated carbocycles. The number of hydrogen-bond donors (Lipinski definition) is 1. The van der Waals surface area contributed by atoms with Crippen molar-refractivity contribution in [3.8, 4) is 6.07 Å². The molecule has 0 heterocycles. The molecule has 0 bridgehead atoms. The number of rotatable bonds is 3. The highest BCUT2D eigenvalue weighted by Crippen LogP contribution is 2.31. The normalized spacial score (nSPS) is 10.2. The Labute approximate surface area is 122 Å². The van der Waals surface area contributed by atoms with Crippen molar-refractivity contribution in [1.29, 1.82) is 5.26 Å². The Morgan fingerprint density at radius 2 is 2.05 bits per heavy atom. The molecule has 2 aromatic rings. The Kier molecular flexibility index (Phi) is 4.36. The third-order valence-electron chi connectivity index (χ3n) is 2.83. The third kappa shape index (κ3) is 3.44. The van der Waals surface area contributed by atoms with Gasteiger partial charge in [-0.25, -0.2) is 0 Å². The molecule has 0 radical (unpaired) electrons. The van der Waals surface area contributed by atoms with Gasteiger partial charge in [0.2, 0.25) is 0 Å². The van der Waals surface area contributed by atoms with Gasteiger partial charge in [-0.05, 0) is 48.4 Å². The van der Waals surface area contributed by atoms with Gasteiger partial charge in [-0.15, -0.1) is 11.8 Å². The fourth-order valence-corrected chi connectivity index (χ4v) is 2.94.